The second-order valence-corrected chi connectivity index (χ2v) is 4.06. The van der Waals surface area contributed by atoms with Crippen LogP contribution in [-0.4, -0.2) is 16.6 Å². The molecule has 0 atom stereocenters. The maximum Gasteiger partial charge on any atom is 0.0962 e. The maximum atomic E-state index is 5.57. The van der Waals surface area contributed by atoms with E-state index in [-0.39, 0.29) is 0 Å². The molecule has 0 aromatic carbocycles. The van der Waals surface area contributed by atoms with Crippen LogP contribution in [0, 0.1) is 6.92 Å². The molecule has 0 aliphatic rings. The van der Waals surface area contributed by atoms with Gasteiger partial charge in [0, 0.05) is 17.8 Å². The van der Waals surface area contributed by atoms with Crippen molar-refractivity contribution in [3.8, 4) is 0 Å². The molecule has 1 aromatic heterocycles. The van der Waals surface area contributed by atoms with E-state index in [1.165, 1.54) is 5.56 Å². The van der Waals surface area contributed by atoms with Crippen molar-refractivity contribution in [1.82, 2.24) is 4.98 Å². The van der Waals surface area contributed by atoms with Gasteiger partial charge in [0.15, 0.2) is 0 Å². The number of halogens is 1. The molecule has 0 spiro atoms. The Morgan fingerprint density at radius 1 is 1.58 bits per heavy atom. The zero-order chi connectivity index (χ0) is 8.81. The summed E-state index contributed by atoms with van der Waals surface area (Å²) >= 11 is 7.33. The Kier molecular flexibility index (Phi) is 4.48. The molecule has 12 heavy (non-hydrogen) atoms. The first-order valence-electron chi connectivity index (χ1n) is 3.94. The van der Waals surface area contributed by atoms with E-state index < -0.39 is 0 Å². The largest absolute Gasteiger partial charge is 0.250 e. The van der Waals surface area contributed by atoms with E-state index in [1.807, 2.05) is 12.3 Å². The van der Waals surface area contributed by atoms with Crippen LogP contribution in [0.25, 0.3) is 0 Å². The molecule has 0 fully saturated rings. The Morgan fingerprint density at radius 3 is 3.08 bits per heavy atom. The summed E-state index contributed by atoms with van der Waals surface area (Å²) in [6.45, 7) is 2.08. The number of hydrogen-bond acceptors (Lipinski definition) is 2. The Balaban J connectivity index is 2.41. The minimum Gasteiger partial charge on any atom is -0.250 e. The first-order chi connectivity index (χ1) is 5.83. The molecule has 0 unspecified atom stereocenters. The van der Waals surface area contributed by atoms with E-state index >= 15 is 0 Å². The highest BCUT2D eigenvalue weighted by Gasteiger charge is 1.94. The van der Waals surface area contributed by atoms with Crippen molar-refractivity contribution in [3.05, 3.63) is 23.9 Å². The van der Waals surface area contributed by atoms with Gasteiger partial charge in [-0.25, -0.2) is 4.98 Å². The van der Waals surface area contributed by atoms with Crippen LogP contribution in [0.3, 0.4) is 0 Å². The molecular weight excluding hydrogens is 190 g/mol. The van der Waals surface area contributed by atoms with Gasteiger partial charge in [0.05, 0.1) is 5.03 Å². The average Bonchev–Trinajstić information content (AvgIpc) is 2.05. The number of pyridine rings is 1. The van der Waals surface area contributed by atoms with E-state index in [0.29, 0.717) is 0 Å². The number of aryl methyl sites for hydroxylation is 1. The topological polar surface area (TPSA) is 12.9 Å². The van der Waals surface area contributed by atoms with Crippen LogP contribution in [0.5, 0.6) is 0 Å². The zero-order valence-corrected chi connectivity index (χ0v) is 8.66. The van der Waals surface area contributed by atoms with E-state index in [0.717, 1.165) is 23.1 Å². The smallest absolute Gasteiger partial charge is 0.0962 e. The second-order valence-electron chi connectivity index (χ2n) is 2.56. The quantitative estimate of drug-likeness (QED) is 0.422. The summed E-state index contributed by atoms with van der Waals surface area (Å²) in [5.74, 6) is 1.79. The normalized spacial score (nSPS) is 10.2. The van der Waals surface area contributed by atoms with Crippen molar-refractivity contribution in [2.24, 2.45) is 0 Å². The molecule has 66 valence electrons. The summed E-state index contributed by atoms with van der Waals surface area (Å²) in [6.07, 6.45) is 2.89. The van der Waals surface area contributed by atoms with Gasteiger partial charge in [-0.1, -0.05) is 0 Å². The molecule has 1 aromatic rings. The Bertz CT molecular complexity index is 240. The maximum absolute atomic E-state index is 5.57. The lowest BCUT2D eigenvalue weighted by molar-refractivity contribution is 1.08. The summed E-state index contributed by atoms with van der Waals surface area (Å²) in [4.78, 5) is 4.23. The average molecular weight is 202 g/mol. The highest BCUT2D eigenvalue weighted by atomic mass is 35.5. The van der Waals surface area contributed by atoms with E-state index in [9.17, 15) is 0 Å². The molecule has 0 saturated carbocycles. The molecule has 0 radical (unpaired) electrons. The van der Waals surface area contributed by atoms with Crippen molar-refractivity contribution in [3.63, 3.8) is 0 Å². The molecule has 1 rings (SSSR count). The summed E-state index contributed by atoms with van der Waals surface area (Å²) < 4.78 is 0. The molecule has 0 bridgehead atoms. The van der Waals surface area contributed by atoms with Gasteiger partial charge in [-0.3, -0.25) is 0 Å². The van der Waals surface area contributed by atoms with Crippen LogP contribution >= 0.6 is 23.4 Å². The van der Waals surface area contributed by atoms with Crippen molar-refractivity contribution in [2.45, 2.75) is 18.4 Å². The summed E-state index contributed by atoms with van der Waals surface area (Å²) in [5.41, 5.74) is 1.26. The Hall–Kier alpha value is -0.210. The predicted octanol–water partition coefficient (Wildman–Crippen LogP) is 3.11. The van der Waals surface area contributed by atoms with Gasteiger partial charge < -0.3 is 0 Å². The van der Waals surface area contributed by atoms with Gasteiger partial charge in [0.2, 0.25) is 0 Å². The molecule has 0 amide bonds. The van der Waals surface area contributed by atoms with Gasteiger partial charge >= 0.3 is 0 Å². The van der Waals surface area contributed by atoms with Crippen LogP contribution in [-0.2, 0) is 0 Å². The van der Waals surface area contributed by atoms with Gasteiger partial charge in [-0.2, -0.15) is 0 Å². The lowest BCUT2D eigenvalue weighted by atomic mass is 10.3. The number of alkyl halides is 1. The van der Waals surface area contributed by atoms with Crippen molar-refractivity contribution in [2.75, 3.05) is 11.6 Å². The van der Waals surface area contributed by atoms with Crippen molar-refractivity contribution < 1.29 is 0 Å². The Morgan fingerprint density at radius 2 is 2.42 bits per heavy atom. The fraction of sp³-hybridized carbons (Fsp3) is 0.444. The summed E-state index contributed by atoms with van der Waals surface area (Å²) in [6, 6.07) is 4.10. The fourth-order valence-corrected chi connectivity index (χ4v) is 2.01. The second kappa shape index (κ2) is 5.44. The Labute approximate surface area is 82.5 Å². The standard InChI is InChI=1S/C9H12ClNS/c1-8-3-5-11-9(7-8)12-6-2-4-10/h3,5,7H,2,4,6H2,1H3. The molecule has 1 heterocycles. The molecule has 0 aliphatic carbocycles. The van der Waals surface area contributed by atoms with Crippen molar-refractivity contribution in [1.29, 1.82) is 0 Å². The number of rotatable bonds is 4. The monoisotopic (exact) mass is 201 g/mol. The highest BCUT2D eigenvalue weighted by Crippen LogP contribution is 2.16. The van der Waals surface area contributed by atoms with E-state index in [2.05, 4.69) is 18.0 Å². The van der Waals surface area contributed by atoms with E-state index in [4.69, 9.17) is 11.6 Å². The third-order valence-electron chi connectivity index (χ3n) is 1.42. The number of hydrogen-bond donors (Lipinski definition) is 0. The van der Waals surface area contributed by atoms with Crippen LogP contribution in [0.15, 0.2) is 23.4 Å². The molecule has 0 saturated heterocycles. The van der Waals surface area contributed by atoms with Crippen LogP contribution in [0.2, 0.25) is 0 Å². The summed E-state index contributed by atoms with van der Waals surface area (Å²) in [7, 11) is 0. The minimum absolute atomic E-state index is 0.735. The highest BCUT2D eigenvalue weighted by molar-refractivity contribution is 7.99. The lowest BCUT2D eigenvalue weighted by Gasteiger charge is -1.99. The third kappa shape index (κ3) is 3.46. The minimum atomic E-state index is 0.735. The van der Waals surface area contributed by atoms with E-state index in [1.54, 1.807) is 11.8 Å². The summed E-state index contributed by atoms with van der Waals surface area (Å²) in [5, 5.41) is 1.10. The van der Waals surface area contributed by atoms with Crippen LogP contribution in [0.1, 0.15) is 12.0 Å². The molecule has 1 nitrogen and oxygen atoms in total. The number of aromatic nitrogens is 1. The van der Waals surface area contributed by atoms with Gasteiger partial charge in [-0.05, 0) is 31.0 Å². The van der Waals surface area contributed by atoms with Crippen LogP contribution < -0.4 is 0 Å². The third-order valence-corrected chi connectivity index (χ3v) is 2.70. The predicted molar refractivity (Wildman–Crippen MR) is 55.0 cm³/mol. The fourth-order valence-electron chi connectivity index (χ4n) is 0.819. The first-order valence-corrected chi connectivity index (χ1v) is 5.46. The lowest BCUT2D eigenvalue weighted by Crippen LogP contribution is -1.84. The number of thioether (sulfide) groups is 1. The van der Waals surface area contributed by atoms with Gasteiger partial charge in [-0.15, -0.1) is 23.4 Å². The zero-order valence-electron chi connectivity index (χ0n) is 7.09. The first kappa shape index (κ1) is 9.87. The van der Waals surface area contributed by atoms with Gasteiger partial charge in [0.1, 0.15) is 0 Å². The van der Waals surface area contributed by atoms with Crippen LogP contribution in [0.4, 0.5) is 0 Å². The van der Waals surface area contributed by atoms with Gasteiger partial charge in [0.25, 0.3) is 0 Å². The van der Waals surface area contributed by atoms with Crippen molar-refractivity contribution >= 4 is 23.4 Å². The molecule has 3 heteroatoms. The molecule has 0 aliphatic heterocycles. The molecule has 0 N–H and O–H groups in total. The molecular formula is C9H12ClNS. The SMILES string of the molecule is Cc1ccnc(SCCCCl)c1. The number of nitrogens with zero attached hydrogens (tertiary/aromatic N) is 1.